The molecular weight excluding hydrogens is 939 g/mol. The average Bonchev–Trinajstić information content (AvgIpc) is 3.95. The van der Waals surface area contributed by atoms with Gasteiger partial charge in [0.05, 0.1) is 56.1 Å². The number of ether oxygens (including phenoxy) is 3. The second-order valence-corrected chi connectivity index (χ2v) is 18.5. The molecule has 4 aliphatic rings. The van der Waals surface area contributed by atoms with E-state index in [0.29, 0.717) is 54.4 Å². The van der Waals surface area contributed by atoms with Crippen LogP contribution in [0.25, 0.3) is 0 Å². The van der Waals surface area contributed by atoms with Crippen LogP contribution >= 0.6 is 0 Å². The van der Waals surface area contributed by atoms with Gasteiger partial charge >= 0.3 is 18.0 Å². The summed E-state index contributed by atoms with van der Waals surface area (Å²) in [7, 11) is 0. The van der Waals surface area contributed by atoms with Gasteiger partial charge in [0.15, 0.2) is 0 Å². The molecule has 6 aromatic carbocycles. The topological polar surface area (TPSA) is 205 Å². The third-order valence-electron chi connectivity index (χ3n) is 14.2. The number of carbonyl (C=O) groups is 5. The number of carbonyl (C=O) groups excluding carboxylic acids is 5. The molecule has 4 heterocycles. The van der Waals surface area contributed by atoms with Crippen molar-refractivity contribution in [2.75, 3.05) is 61.2 Å². The van der Waals surface area contributed by atoms with Crippen molar-refractivity contribution in [3.05, 3.63) is 191 Å². The summed E-state index contributed by atoms with van der Waals surface area (Å²) < 4.78 is 18.3. The summed E-state index contributed by atoms with van der Waals surface area (Å²) in [5.41, 5.74) is 8.04. The van der Waals surface area contributed by atoms with Crippen LogP contribution in [0.5, 0.6) is 5.75 Å². The van der Waals surface area contributed by atoms with E-state index in [0.717, 1.165) is 21.7 Å². The maximum Gasteiger partial charge on any atom is 0.329 e. The van der Waals surface area contributed by atoms with Crippen LogP contribution < -0.4 is 36.2 Å². The zero-order valence-corrected chi connectivity index (χ0v) is 40.6. The Bertz CT molecular complexity index is 3110. The van der Waals surface area contributed by atoms with Gasteiger partial charge in [0.1, 0.15) is 29.9 Å². The molecule has 3 saturated heterocycles. The van der Waals surface area contributed by atoms with Gasteiger partial charge in [-0.1, -0.05) is 115 Å². The monoisotopic (exact) mass is 993 g/mol. The molecule has 16 nitrogen and oxygen atoms in total. The number of benzene rings is 6. The van der Waals surface area contributed by atoms with Crippen molar-refractivity contribution in [3.8, 4) is 17.6 Å². The Labute approximate surface area is 428 Å². The highest BCUT2D eigenvalue weighted by Gasteiger charge is 2.75. The molecular formula is C58H55N7O9. The summed E-state index contributed by atoms with van der Waals surface area (Å²) in [6.45, 7) is 3.94. The number of fused-ring (bicyclic) bond motifs is 3. The Morgan fingerprint density at radius 3 is 2.18 bits per heavy atom. The van der Waals surface area contributed by atoms with Crippen LogP contribution in [0, 0.1) is 17.8 Å². The number of imide groups is 1. The van der Waals surface area contributed by atoms with E-state index in [1.165, 1.54) is 0 Å². The molecule has 1 spiro atoms. The predicted molar refractivity (Wildman–Crippen MR) is 277 cm³/mol. The van der Waals surface area contributed by atoms with Gasteiger partial charge in [0, 0.05) is 30.0 Å². The largest absolute Gasteiger partial charge is 0.491 e. The molecule has 0 bridgehead atoms. The lowest BCUT2D eigenvalue weighted by atomic mass is 9.65. The number of cyclic esters (lactones) is 1. The number of anilines is 3. The van der Waals surface area contributed by atoms with Gasteiger partial charge in [-0.2, -0.15) is 0 Å². The van der Waals surface area contributed by atoms with E-state index in [1.54, 1.807) is 48.5 Å². The molecule has 74 heavy (non-hydrogen) atoms. The molecule has 0 aromatic heterocycles. The number of aliphatic hydroxyl groups excluding tert-OH is 1. The normalized spacial score (nSPS) is 22.4. The first kappa shape index (κ1) is 49.1. The van der Waals surface area contributed by atoms with E-state index >= 15 is 19.2 Å². The first-order chi connectivity index (χ1) is 36.1. The molecule has 6 amide bonds. The standard InChI is InChI=1S/C58H55N7O9/c1-37(39-14-5-2-6-15-39)61-57(71)64-47-27-22-38(13-12-28-60-56(59)70)35-46(47)58(55(64)69)48(53(67)62-43-23-25-44(26-24-43)63-29-32-72-33-30-63)50-54(68)74-51(41-18-9-4-10-19-41)49(40-16-7-3-8-17-40)65(50)52(58)42-20-11-21-45(36-42)73-34-31-66/h2-11,14-27,35-37,48-52,66H,28-34H2,1H3,(H,61,71)(H,62,67)(H3,59,60,70)/t37-,48+,49+,50?,51-,52-,58?/m0/s1. The van der Waals surface area contributed by atoms with Crippen LogP contribution in [0.3, 0.4) is 0 Å². The van der Waals surface area contributed by atoms with Gasteiger partial charge in [-0.15, -0.1) is 0 Å². The number of nitrogens with one attached hydrogen (secondary N) is 3. The van der Waals surface area contributed by atoms with Crippen LogP contribution in [0.1, 0.15) is 64.5 Å². The van der Waals surface area contributed by atoms with Crippen molar-refractivity contribution >= 4 is 46.9 Å². The molecule has 16 heteroatoms. The molecule has 0 saturated carbocycles. The van der Waals surface area contributed by atoms with Crippen molar-refractivity contribution in [2.45, 2.75) is 42.6 Å². The molecule has 7 atom stereocenters. The van der Waals surface area contributed by atoms with E-state index < -0.39 is 71.5 Å². The summed E-state index contributed by atoms with van der Waals surface area (Å²) in [5.74, 6) is 2.53. The van der Waals surface area contributed by atoms with Crippen LogP contribution in [0.2, 0.25) is 0 Å². The lowest BCUT2D eigenvalue weighted by molar-refractivity contribution is -0.177. The number of morpholine rings is 2. The summed E-state index contributed by atoms with van der Waals surface area (Å²) in [6.07, 6.45) is -0.956. The Hall–Kier alpha value is -8.49. The van der Waals surface area contributed by atoms with Gasteiger partial charge < -0.3 is 45.9 Å². The molecule has 6 aromatic rings. The minimum atomic E-state index is -2.11. The fraction of sp³-hybridized carbons (Fsp3) is 0.259. The lowest BCUT2D eigenvalue weighted by Gasteiger charge is -2.46. The number of aliphatic hydroxyl groups is 1. The molecule has 10 rings (SSSR count). The number of amides is 6. The van der Waals surface area contributed by atoms with Crippen molar-refractivity contribution in [1.82, 2.24) is 15.5 Å². The van der Waals surface area contributed by atoms with Gasteiger partial charge in [-0.05, 0) is 89.3 Å². The number of esters is 1. The van der Waals surface area contributed by atoms with E-state index in [-0.39, 0.29) is 31.0 Å². The Kier molecular flexibility index (Phi) is 14.1. The summed E-state index contributed by atoms with van der Waals surface area (Å²) >= 11 is 0. The summed E-state index contributed by atoms with van der Waals surface area (Å²) in [5, 5.41) is 18.5. The number of nitrogens with zero attached hydrogens (tertiary/aromatic N) is 3. The molecule has 3 fully saturated rings. The fourth-order valence-corrected chi connectivity index (χ4v) is 11.1. The van der Waals surface area contributed by atoms with Crippen LogP contribution in [-0.4, -0.2) is 92.0 Å². The Balaban J connectivity index is 1.23. The van der Waals surface area contributed by atoms with Crippen LogP contribution in [0.4, 0.5) is 26.7 Å². The number of primary amides is 1. The van der Waals surface area contributed by atoms with Crippen LogP contribution in [-0.2, 0) is 29.3 Å². The third-order valence-corrected chi connectivity index (χ3v) is 14.2. The fourth-order valence-electron chi connectivity index (χ4n) is 11.1. The van der Waals surface area contributed by atoms with E-state index in [2.05, 4.69) is 32.7 Å². The zero-order chi connectivity index (χ0) is 51.3. The Morgan fingerprint density at radius 1 is 0.811 bits per heavy atom. The van der Waals surface area contributed by atoms with E-state index in [9.17, 15) is 9.90 Å². The van der Waals surface area contributed by atoms with Gasteiger partial charge in [0.2, 0.25) is 11.8 Å². The van der Waals surface area contributed by atoms with Crippen molar-refractivity contribution in [2.24, 2.45) is 11.7 Å². The highest BCUT2D eigenvalue weighted by molar-refractivity contribution is 6.25. The van der Waals surface area contributed by atoms with Crippen molar-refractivity contribution < 1.29 is 43.3 Å². The number of urea groups is 2. The smallest absolute Gasteiger partial charge is 0.329 e. The quantitative estimate of drug-likeness (QED) is 0.0646. The lowest BCUT2D eigenvalue weighted by Crippen LogP contribution is -2.55. The minimum Gasteiger partial charge on any atom is -0.491 e. The number of rotatable bonds is 12. The SMILES string of the molecule is C[C@H](NC(=O)N1C(=O)C2(c3cc(C#CCNC(N)=O)ccc31)[C@H](c1cccc(OCCO)c1)N1C(C(=O)O[C@@H](c3ccccc3)[C@H]1c1ccccc1)[C@@H]2C(=O)Nc1ccc(N2CCOCC2)cc1)c1ccccc1. The second-order valence-electron chi connectivity index (χ2n) is 18.5. The van der Waals surface area contributed by atoms with E-state index in [4.69, 9.17) is 19.9 Å². The predicted octanol–water partition coefficient (Wildman–Crippen LogP) is 6.69. The molecule has 4 aliphatic heterocycles. The second kappa shape index (κ2) is 21.3. The third kappa shape index (κ3) is 9.28. The van der Waals surface area contributed by atoms with Crippen LogP contribution in [0.15, 0.2) is 158 Å². The summed E-state index contributed by atoms with van der Waals surface area (Å²) in [6, 6.07) is 41.8. The zero-order valence-electron chi connectivity index (χ0n) is 40.6. The summed E-state index contributed by atoms with van der Waals surface area (Å²) in [4.78, 5) is 80.6. The maximum atomic E-state index is 16.8. The molecule has 0 radical (unpaired) electrons. The number of nitrogens with two attached hydrogens (primary N) is 1. The number of hydrogen-bond donors (Lipinski definition) is 5. The molecule has 6 N–H and O–H groups in total. The highest BCUT2D eigenvalue weighted by atomic mass is 16.6. The van der Waals surface area contributed by atoms with Gasteiger partial charge in [0.25, 0.3) is 0 Å². The molecule has 0 aliphatic carbocycles. The number of hydrogen-bond acceptors (Lipinski definition) is 11. The first-order valence-electron chi connectivity index (χ1n) is 24.6. The molecule has 2 unspecified atom stereocenters. The van der Waals surface area contributed by atoms with Crippen molar-refractivity contribution in [3.63, 3.8) is 0 Å². The van der Waals surface area contributed by atoms with Crippen molar-refractivity contribution in [1.29, 1.82) is 0 Å². The highest BCUT2D eigenvalue weighted by Crippen LogP contribution is 2.66. The van der Waals surface area contributed by atoms with E-state index in [1.807, 2.05) is 121 Å². The van der Waals surface area contributed by atoms with Gasteiger partial charge in [-0.25, -0.2) is 14.5 Å². The van der Waals surface area contributed by atoms with Gasteiger partial charge in [-0.3, -0.25) is 19.3 Å². The maximum absolute atomic E-state index is 16.8. The Morgan fingerprint density at radius 2 is 1.49 bits per heavy atom. The minimum absolute atomic E-state index is 0.0437. The first-order valence-corrected chi connectivity index (χ1v) is 24.6. The molecule has 376 valence electrons. The average molecular weight is 994 g/mol.